The second kappa shape index (κ2) is 6.56. The van der Waals surface area contributed by atoms with Crippen molar-refractivity contribution in [2.24, 2.45) is 0 Å². The Bertz CT molecular complexity index is 1010. The Kier molecular flexibility index (Phi) is 4.59. The van der Waals surface area contributed by atoms with Crippen molar-refractivity contribution in [2.45, 2.75) is 25.7 Å². The van der Waals surface area contributed by atoms with E-state index in [0.717, 1.165) is 47.9 Å². The Morgan fingerprint density at radius 3 is 2.83 bits per heavy atom. The summed E-state index contributed by atoms with van der Waals surface area (Å²) in [6, 6.07) is 4.04. The van der Waals surface area contributed by atoms with Gasteiger partial charge in [-0.2, -0.15) is 0 Å². The molecule has 3 aromatic rings. The number of ether oxygens (including phenoxy) is 1. The van der Waals surface area contributed by atoms with E-state index in [4.69, 9.17) is 9.72 Å². The van der Waals surface area contributed by atoms with Crippen molar-refractivity contribution in [3.63, 3.8) is 0 Å². The molecule has 1 aliphatic carbocycles. The number of aromatic nitrogens is 2. The van der Waals surface area contributed by atoms with Gasteiger partial charge in [0.05, 0.1) is 21.6 Å². The van der Waals surface area contributed by atoms with Crippen LogP contribution in [0.15, 0.2) is 16.9 Å². The normalized spacial score (nSPS) is 14.0. The molecule has 1 aromatic carbocycles. The first kappa shape index (κ1) is 16.8. The Morgan fingerprint density at radius 1 is 1.25 bits per heavy atom. The summed E-state index contributed by atoms with van der Waals surface area (Å²) in [4.78, 5) is 22.7. The number of thiophene rings is 1. The van der Waals surface area contributed by atoms with Crippen molar-refractivity contribution in [3.8, 4) is 17.1 Å². The van der Waals surface area contributed by atoms with Crippen molar-refractivity contribution in [1.82, 2.24) is 9.97 Å². The summed E-state index contributed by atoms with van der Waals surface area (Å²) in [5.74, 6) is 1.33. The Hall–Kier alpha value is -0.680. The molecule has 124 valence electrons. The molecule has 0 spiro atoms. The SMILES string of the molecule is COc1c(I)cc(I)cc1-c1nc2sc3c(c2c(=O)[nH]1)CCCC3. The molecule has 0 saturated heterocycles. The second-order valence-corrected chi connectivity index (χ2v) is 9.27. The van der Waals surface area contributed by atoms with E-state index in [1.807, 2.05) is 12.1 Å². The molecule has 2 heterocycles. The van der Waals surface area contributed by atoms with Crippen molar-refractivity contribution in [1.29, 1.82) is 0 Å². The lowest BCUT2D eigenvalue weighted by atomic mass is 9.97. The van der Waals surface area contributed by atoms with Gasteiger partial charge in [-0.05, 0) is 88.6 Å². The van der Waals surface area contributed by atoms with Gasteiger partial charge in [0, 0.05) is 8.45 Å². The zero-order chi connectivity index (χ0) is 16.8. The highest BCUT2D eigenvalue weighted by Gasteiger charge is 2.21. The smallest absolute Gasteiger partial charge is 0.260 e. The molecule has 0 radical (unpaired) electrons. The molecule has 0 saturated carbocycles. The summed E-state index contributed by atoms with van der Waals surface area (Å²) in [5.41, 5.74) is 2.01. The lowest BCUT2D eigenvalue weighted by Crippen LogP contribution is -2.11. The standard InChI is InChI=1S/C17H14I2N2O2S/c1-23-14-10(6-8(18)7-11(14)19)15-20-16(22)13-9-4-2-3-5-12(9)24-17(13)21-15/h6-7H,2-5H2,1H3,(H,20,21,22). The van der Waals surface area contributed by atoms with Crippen LogP contribution in [0.1, 0.15) is 23.3 Å². The predicted molar refractivity (Wildman–Crippen MR) is 114 cm³/mol. The van der Waals surface area contributed by atoms with Crippen LogP contribution in [0.2, 0.25) is 0 Å². The van der Waals surface area contributed by atoms with E-state index in [0.29, 0.717) is 5.82 Å². The second-order valence-electron chi connectivity index (χ2n) is 5.77. The summed E-state index contributed by atoms with van der Waals surface area (Å²) >= 11 is 6.19. The Balaban J connectivity index is 1.98. The van der Waals surface area contributed by atoms with Crippen LogP contribution in [-0.2, 0) is 12.8 Å². The van der Waals surface area contributed by atoms with E-state index in [9.17, 15) is 4.79 Å². The van der Waals surface area contributed by atoms with E-state index >= 15 is 0 Å². The highest BCUT2D eigenvalue weighted by molar-refractivity contribution is 14.1. The Morgan fingerprint density at radius 2 is 2.04 bits per heavy atom. The zero-order valence-electron chi connectivity index (χ0n) is 12.9. The van der Waals surface area contributed by atoms with Crippen molar-refractivity contribution in [2.75, 3.05) is 7.11 Å². The average molecular weight is 564 g/mol. The molecule has 2 aromatic heterocycles. The molecule has 0 bridgehead atoms. The van der Waals surface area contributed by atoms with Crippen molar-refractivity contribution < 1.29 is 4.74 Å². The quantitative estimate of drug-likeness (QED) is 0.458. The van der Waals surface area contributed by atoms with Crippen LogP contribution in [0.4, 0.5) is 0 Å². The van der Waals surface area contributed by atoms with Crippen LogP contribution in [0, 0.1) is 7.14 Å². The summed E-state index contributed by atoms with van der Waals surface area (Å²) in [5, 5.41) is 0.790. The van der Waals surface area contributed by atoms with Gasteiger partial charge in [0.2, 0.25) is 0 Å². The first-order valence-electron chi connectivity index (χ1n) is 7.66. The van der Waals surface area contributed by atoms with Crippen molar-refractivity contribution >= 4 is 66.7 Å². The van der Waals surface area contributed by atoms with Crippen LogP contribution < -0.4 is 10.3 Å². The third-order valence-corrected chi connectivity index (χ3v) is 6.90. The third kappa shape index (κ3) is 2.78. The zero-order valence-corrected chi connectivity index (χ0v) is 18.0. The average Bonchev–Trinajstić information content (AvgIpc) is 2.93. The van der Waals surface area contributed by atoms with Crippen LogP contribution in [0.5, 0.6) is 5.75 Å². The number of hydrogen-bond donors (Lipinski definition) is 1. The number of rotatable bonds is 2. The van der Waals surface area contributed by atoms with E-state index in [2.05, 4.69) is 50.2 Å². The van der Waals surface area contributed by atoms with Gasteiger partial charge in [-0.3, -0.25) is 4.79 Å². The summed E-state index contributed by atoms with van der Waals surface area (Å²) in [7, 11) is 1.65. The molecule has 24 heavy (non-hydrogen) atoms. The van der Waals surface area contributed by atoms with Crippen molar-refractivity contribution in [3.05, 3.63) is 40.1 Å². The van der Waals surface area contributed by atoms with Gasteiger partial charge in [0.1, 0.15) is 16.4 Å². The number of methoxy groups -OCH3 is 1. The molecule has 4 rings (SSSR count). The van der Waals surface area contributed by atoms with Gasteiger partial charge < -0.3 is 9.72 Å². The molecular formula is C17H14I2N2O2S. The van der Waals surface area contributed by atoms with E-state index < -0.39 is 0 Å². The largest absolute Gasteiger partial charge is 0.495 e. The maximum atomic E-state index is 12.7. The fourth-order valence-electron chi connectivity index (χ4n) is 3.24. The predicted octanol–water partition coefficient (Wildman–Crippen LogP) is 4.75. The first-order valence-corrected chi connectivity index (χ1v) is 10.6. The van der Waals surface area contributed by atoms with Crippen LogP contribution in [-0.4, -0.2) is 17.1 Å². The number of nitrogens with one attached hydrogen (secondary N) is 1. The molecule has 1 aliphatic rings. The number of aryl methyl sites for hydroxylation is 2. The molecule has 0 aliphatic heterocycles. The number of H-pyrrole nitrogens is 1. The fraction of sp³-hybridized carbons (Fsp3) is 0.294. The number of benzene rings is 1. The molecule has 4 nitrogen and oxygen atoms in total. The molecule has 0 fully saturated rings. The number of nitrogens with zero attached hydrogens (tertiary/aromatic N) is 1. The molecular weight excluding hydrogens is 550 g/mol. The minimum atomic E-state index is -0.0367. The maximum absolute atomic E-state index is 12.7. The maximum Gasteiger partial charge on any atom is 0.260 e. The third-order valence-electron chi connectivity index (χ3n) is 4.29. The summed E-state index contributed by atoms with van der Waals surface area (Å²) in [6.45, 7) is 0. The minimum absolute atomic E-state index is 0.0367. The minimum Gasteiger partial charge on any atom is -0.495 e. The van der Waals surface area contributed by atoms with E-state index in [-0.39, 0.29) is 5.56 Å². The number of hydrogen-bond acceptors (Lipinski definition) is 4. The van der Waals surface area contributed by atoms with E-state index in [1.165, 1.54) is 16.9 Å². The van der Waals surface area contributed by atoms with Crippen LogP contribution in [0.3, 0.4) is 0 Å². The van der Waals surface area contributed by atoms with Gasteiger partial charge >= 0.3 is 0 Å². The van der Waals surface area contributed by atoms with Gasteiger partial charge in [0.25, 0.3) is 5.56 Å². The molecule has 0 unspecified atom stereocenters. The number of fused-ring (bicyclic) bond motifs is 3. The van der Waals surface area contributed by atoms with Crippen LogP contribution >= 0.6 is 56.5 Å². The van der Waals surface area contributed by atoms with Gasteiger partial charge in [-0.15, -0.1) is 11.3 Å². The fourth-order valence-corrected chi connectivity index (χ4v) is 6.56. The lowest BCUT2D eigenvalue weighted by Gasteiger charge is -2.11. The van der Waals surface area contributed by atoms with Gasteiger partial charge in [-0.1, -0.05) is 0 Å². The monoisotopic (exact) mass is 564 g/mol. The van der Waals surface area contributed by atoms with Gasteiger partial charge in [0.15, 0.2) is 0 Å². The van der Waals surface area contributed by atoms with Gasteiger partial charge in [-0.25, -0.2) is 4.98 Å². The highest BCUT2D eigenvalue weighted by atomic mass is 127. The first-order chi connectivity index (χ1) is 11.6. The Labute approximate surface area is 170 Å². The number of halogens is 2. The molecule has 1 N–H and O–H groups in total. The summed E-state index contributed by atoms with van der Waals surface area (Å²) in [6.07, 6.45) is 4.41. The highest BCUT2D eigenvalue weighted by Crippen LogP contribution is 2.37. The van der Waals surface area contributed by atoms with Crippen LogP contribution in [0.25, 0.3) is 21.6 Å². The van der Waals surface area contributed by atoms with E-state index in [1.54, 1.807) is 18.4 Å². The topological polar surface area (TPSA) is 55.0 Å². The molecule has 7 heteroatoms. The summed E-state index contributed by atoms with van der Waals surface area (Å²) < 4.78 is 7.64. The lowest BCUT2D eigenvalue weighted by molar-refractivity contribution is 0.413. The number of aromatic amines is 1. The molecule has 0 amide bonds. The molecule has 0 atom stereocenters.